The van der Waals surface area contributed by atoms with Gasteiger partial charge in [0.25, 0.3) is 5.89 Å². The summed E-state index contributed by atoms with van der Waals surface area (Å²) in [6, 6.07) is 5.29. The lowest BCUT2D eigenvalue weighted by atomic mass is 10.2. The molecule has 0 fully saturated rings. The molecule has 0 saturated carbocycles. The van der Waals surface area contributed by atoms with E-state index in [0.717, 1.165) is 14.8 Å². The van der Waals surface area contributed by atoms with Gasteiger partial charge in [0.05, 0.1) is 22.4 Å². The average molecular weight is 386 g/mol. The molecule has 120 valence electrons. The largest absolute Gasteiger partial charge is 0.496 e. The van der Waals surface area contributed by atoms with Crippen LogP contribution in [0, 0.1) is 0 Å². The minimum Gasteiger partial charge on any atom is -0.496 e. The number of aromatic nitrogens is 3. The Morgan fingerprint density at radius 2 is 2.09 bits per heavy atom. The van der Waals surface area contributed by atoms with Crippen LogP contribution in [0.3, 0.4) is 0 Å². The Morgan fingerprint density at radius 1 is 1.26 bits per heavy atom. The molecule has 0 aliphatic rings. The molecule has 0 amide bonds. The van der Waals surface area contributed by atoms with E-state index in [0.29, 0.717) is 28.1 Å². The van der Waals surface area contributed by atoms with E-state index in [4.69, 9.17) is 20.9 Å². The third-order valence-electron chi connectivity index (χ3n) is 3.05. The summed E-state index contributed by atoms with van der Waals surface area (Å²) in [5.41, 5.74) is 1.57. The normalized spacial score (nSPS) is 11.0. The lowest BCUT2D eigenvalue weighted by Crippen LogP contribution is -1.89. The van der Waals surface area contributed by atoms with Gasteiger partial charge in [0.15, 0.2) is 0 Å². The Kier molecular flexibility index (Phi) is 5.15. The van der Waals surface area contributed by atoms with Crippen molar-refractivity contribution in [3.8, 4) is 28.6 Å². The van der Waals surface area contributed by atoms with E-state index in [-0.39, 0.29) is 0 Å². The SMILES string of the molecule is COc1ccc(Cl)cc1-c1noc(-c2c(SC)nsc2SC)n1. The van der Waals surface area contributed by atoms with Crippen molar-refractivity contribution in [3.63, 3.8) is 0 Å². The number of ether oxygens (including phenoxy) is 1. The molecule has 0 saturated heterocycles. The minimum absolute atomic E-state index is 0.435. The number of halogens is 1. The predicted octanol–water partition coefficient (Wildman–Crippen LogP) is 4.97. The Hall–Kier alpha value is -1.22. The molecule has 0 aliphatic heterocycles. The van der Waals surface area contributed by atoms with E-state index in [1.165, 1.54) is 11.5 Å². The molecular weight excluding hydrogens is 374 g/mol. The first kappa shape index (κ1) is 16.6. The first-order valence-corrected chi connectivity index (χ1v) is 10.0. The van der Waals surface area contributed by atoms with Crippen LogP contribution in [0.5, 0.6) is 5.75 Å². The number of hydrogen-bond acceptors (Lipinski definition) is 8. The first-order valence-electron chi connectivity index (χ1n) is 6.43. The van der Waals surface area contributed by atoms with Gasteiger partial charge >= 0.3 is 0 Å². The van der Waals surface area contributed by atoms with Crippen LogP contribution in [0.2, 0.25) is 5.02 Å². The number of benzene rings is 1. The smallest absolute Gasteiger partial charge is 0.263 e. The van der Waals surface area contributed by atoms with Crippen LogP contribution in [-0.2, 0) is 0 Å². The molecule has 0 N–H and O–H groups in total. The number of methoxy groups -OCH3 is 1. The van der Waals surface area contributed by atoms with Gasteiger partial charge < -0.3 is 9.26 Å². The summed E-state index contributed by atoms with van der Waals surface area (Å²) < 4.78 is 16.3. The van der Waals surface area contributed by atoms with Crippen molar-refractivity contribution in [2.75, 3.05) is 19.6 Å². The van der Waals surface area contributed by atoms with Gasteiger partial charge in [-0.25, -0.2) is 0 Å². The third kappa shape index (κ3) is 3.21. The molecule has 0 unspecified atom stereocenters. The topological polar surface area (TPSA) is 61.0 Å². The van der Waals surface area contributed by atoms with Crippen molar-refractivity contribution in [1.29, 1.82) is 0 Å². The summed E-state index contributed by atoms with van der Waals surface area (Å²) in [7, 11) is 1.59. The Labute approximate surface area is 150 Å². The van der Waals surface area contributed by atoms with Crippen molar-refractivity contribution in [1.82, 2.24) is 14.5 Å². The second-order valence-electron chi connectivity index (χ2n) is 4.33. The van der Waals surface area contributed by atoms with Crippen molar-refractivity contribution in [3.05, 3.63) is 23.2 Å². The zero-order chi connectivity index (χ0) is 16.4. The molecule has 3 rings (SSSR count). The Balaban J connectivity index is 2.08. The van der Waals surface area contributed by atoms with Crippen LogP contribution >= 0.6 is 46.7 Å². The summed E-state index contributed by atoms with van der Waals surface area (Å²) in [6.07, 6.45) is 3.97. The average Bonchev–Trinajstić information content (AvgIpc) is 3.20. The molecule has 3 aromatic rings. The quantitative estimate of drug-likeness (QED) is 0.575. The van der Waals surface area contributed by atoms with Gasteiger partial charge in [-0.05, 0) is 42.2 Å². The van der Waals surface area contributed by atoms with Crippen molar-refractivity contribution >= 4 is 46.7 Å². The lowest BCUT2D eigenvalue weighted by Gasteiger charge is -2.04. The fourth-order valence-electron chi connectivity index (χ4n) is 2.01. The second-order valence-corrected chi connectivity index (χ2v) is 7.41. The molecule has 0 spiro atoms. The van der Waals surface area contributed by atoms with Crippen LogP contribution in [0.25, 0.3) is 22.8 Å². The summed E-state index contributed by atoms with van der Waals surface area (Å²) in [6.45, 7) is 0. The molecule has 0 aliphatic carbocycles. The van der Waals surface area contributed by atoms with E-state index in [1.807, 2.05) is 12.5 Å². The highest BCUT2D eigenvalue weighted by Crippen LogP contribution is 2.40. The Bertz CT molecular complexity index is 813. The summed E-state index contributed by atoms with van der Waals surface area (Å²) in [5, 5.41) is 5.54. The van der Waals surface area contributed by atoms with Crippen molar-refractivity contribution in [2.24, 2.45) is 0 Å². The molecule has 5 nitrogen and oxygen atoms in total. The lowest BCUT2D eigenvalue weighted by molar-refractivity contribution is 0.413. The first-order chi connectivity index (χ1) is 11.2. The number of nitrogens with zero attached hydrogens (tertiary/aromatic N) is 3. The number of hydrogen-bond donors (Lipinski definition) is 0. The molecule has 23 heavy (non-hydrogen) atoms. The van der Waals surface area contributed by atoms with Gasteiger partial charge in [-0.1, -0.05) is 16.8 Å². The van der Waals surface area contributed by atoms with Crippen LogP contribution in [0.15, 0.2) is 32.0 Å². The molecule has 9 heteroatoms. The molecule has 0 atom stereocenters. The van der Waals surface area contributed by atoms with Gasteiger partial charge in [-0.3, -0.25) is 0 Å². The molecule has 0 radical (unpaired) electrons. The molecule has 2 aromatic heterocycles. The second kappa shape index (κ2) is 7.12. The van der Waals surface area contributed by atoms with E-state index >= 15 is 0 Å². The van der Waals surface area contributed by atoms with E-state index < -0.39 is 0 Å². The van der Waals surface area contributed by atoms with Gasteiger partial charge in [0.2, 0.25) is 5.82 Å². The maximum absolute atomic E-state index is 6.07. The maximum Gasteiger partial charge on any atom is 0.263 e. The van der Waals surface area contributed by atoms with Crippen LogP contribution in [-0.4, -0.2) is 34.1 Å². The Morgan fingerprint density at radius 3 is 2.78 bits per heavy atom. The summed E-state index contributed by atoms with van der Waals surface area (Å²) in [4.78, 5) is 4.51. The number of thioether (sulfide) groups is 2. The van der Waals surface area contributed by atoms with Crippen LogP contribution < -0.4 is 4.74 Å². The van der Waals surface area contributed by atoms with E-state index in [2.05, 4.69) is 14.5 Å². The fraction of sp³-hybridized carbons (Fsp3) is 0.214. The van der Waals surface area contributed by atoms with Crippen molar-refractivity contribution < 1.29 is 9.26 Å². The van der Waals surface area contributed by atoms with E-state index in [9.17, 15) is 0 Å². The highest BCUT2D eigenvalue weighted by Gasteiger charge is 2.22. The zero-order valence-electron chi connectivity index (χ0n) is 12.5. The van der Waals surface area contributed by atoms with Crippen LogP contribution in [0.1, 0.15) is 0 Å². The van der Waals surface area contributed by atoms with Gasteiger partial charge in [0.1, 0.15) is 10.8 Å². The molecule has 2 heterocycles. The molecular formula is C14H12ClN3O2S3. The zero-order valence-corrected chi connectivity index (χ0v) is 15.7. The van der Waals surface area contributed by atoms with E-state index in [1.54, 1.807) is 48.8 Å². The fourth-order valence-corrected chi connectivity index (χ4v) is 4.44. The summed E-state index contributed by atoms with van der Waals surface area (Å²) in [5.74, 6) is 1.52. The van der Waals surface area contributed by atoms with Crippen LogP contribution in [0.4, 0.5) is 0 Å². The minimum atomic E-state index is 0.435. The predicted molar refractivity (Wildman–Crippen MR) is 96.0 cm³/mol. The highest BCUT2D eigenvalue weighted by atomic mass is 35.5. The van der Waals surface area contributed by atoms with Crippen molar-refractivity contribution in [2.45, 2.75) is 9.24 Å². The van der Waals surface area contributed by atoms with Gasteiger partial charge in [-0.15, -0.1) is 23.5 Å². The number of rotatable bonds is 5. The molecule has 0 bridgehead atoms. The highest BCUT2D eigenvalue weighted by molar-refractivity contribution is 8.01. The van der Waals surface area contributed by atoms with Gasteiger partial charge in [-0.2, -0.15) is 9.36 Å². The maximum atomic E-state index is 6.07. The molecule has 1 aromatic carbocycles. The third-order valence-corrected chi connectivity index (χ3v) is 6.03. The monoisotopic (exact) mass is 385 g/mol. The van der Waals surface area contributed by atoms with Gasteiger partial charge in [0, 0.05) is 5.02 Å². The summed E-state index contributed by atoms with van der Waals surface area (Å²) >= 11 is 10.7. The standard InChI is InChI=1S/C14H12ClN3O2S3/c1-19-9-5-4-7(15)6-8(9)11-16-12(20-17-11)10-13(21-2)18-23-14(10)22-3/h4-6H,1-3H3.